The van der Waals surface area contributed by atoms with Crippen molar-refractivity contribution in [2.24, 2.45) is 23.7 Å². The van der Waals surface area contributed by atoms with Crippen LogP contribution in [-0.2, 0) is 40.5 Å². The molecule has 4 aliphatic carbocycles. The van der Waals surface area contributed by atoms with E-state index in [4.69, 9.17) is 14.5 Å². The number of carbonyl (C=O) groups is 4. The van der Waals surface area contributed by atoms with Crippen molar-refractivity contribution in [2.45, 2.75) is 139 Å². The lowest BCUT2D eigenvalue weighted by Gasteiger charge is -2.32. The number of nitrogens with one attached hydrogen (secondary N) is 2. The summed E-state index contributed by atoms with van der Waals surface area (Å²) in [5, 5.41) is 12.1. The van der Waals surface area contributed by atoms with Crippen LogP contribution in [-0.4, -0.2) is 82.1 Å². The third-order valence-electron chi connectivity index (χ3n) is 13.4. The molecule has 4 saturated carbocycles. The maximum atomic E-state index is 14.9. The van der Waals surface area contributed by atoms with Gasteiger partial charge in [-0.3, -0.25) is 33.3 Å². The van der Waals surface area contributed by atoms with Gasteiger partial charge >= 0.3 is 5.97 Å². The highest BCUT2D eigenvalue weighted by atomic mass is 32.2. The average molecular weight is 817 g/mol. The zero-order valence-corrected chi connectivity index (χ0v) is 33.7. The SMILES string of the molecule is CC[C@@H]1C[C@]1(NC(=O)[C@@H]1C[C@@H]2CN1C(=O)[C@H](C1CCCC1)CC(=O)O[C@@H]1CCC[C@H]1CC/C=C/Cn1c(nc3cc(C#N)ccc3c1=O)O2)C(=O)NS(=O)(=O)C1CC1. The maximum Gasteiger partial charge on any atom is 0.306 e. The van der Waals surface area contributed by atoms with E-state index in [1.807, 2.05) is 19.1 Å². The Kier molecular flexibility index (Phi) is 11.1. The summed E-state index contributed by atoms with van der Waals surface area (Å²) in [6, 6.07) is 5.54. The zero-order valence-electron chi connectivity index (χ0n) is 32.9. The number of ether oxygens (including phenoxy) is 2. The van der Waals surface area contributed by atoms with E-state index in [-0.39, 0.29) is 79.2 Å². The molecule has 3 heterocycles. The molecule has 6 aliphatic rings. The van der Waals surface area contributed by atoms with Crippen LogP contribution in [0.5, 0.6) is 6.01 Å². The standard InChI is InChI=1S/C42H52N6O9S/c1-2-28-22-42(28,40(53)46-58(54,55)30-15-16-30)45-37(50)34-20-29-24-48(34)39(52)32(26-9-5-6-10-26)21-36(49)57-35-13-8-12-27(35)11-4-3-7-18-47-38(51)31-17-14-25(23-43)19-33(31)44-41(47)56-29/h3,7,14,17,19,26-30,32,34-35H,2,4-6,8-13,15-16,18,20-22,24H2,1H3,(H,45,50)(H,46,53)/b7-3+/t27-,28-,29-,32+,34+,35-,42-/m1/s1. The van der Waals surface area contributed by atoms with Gasteiger partial charge in [-0.2, -0.15) is 10.2 Å². The van der Waals surface area contributed by atoms with Gasteiger partial charge in [0.05, 0.1) is 46.7 Å². The number of nitriles is 1. The van der Waals surface area contributed by atoms with Crippen molar-refractivity contribution in [3.05, 3.63) is 46.3 Å². The molecule has 2 aromatic rings. The van der Waals surface area contributed by atoms with Crippen molar-refractivity contribution in [2.75, 3.05) is 6.54 Å². The second kappa shape index (κ2) is 16.1. The second-order valence-electron chi connectivity index (χ2n) is 17.2. The van der Waals surface area contributed by atoms with Gasteiger partial charge in [0.25, 0.3) is 17.5 Å². The molecule has 0 unspecified atom stereocenters. The first-order valence-electron chi connectivity index (χ1n) is 21.0. The quantitative estimate of drug-likeness (QED) is 0.304. The van der Waals surface area contributed by atoms with Gasteiger partial charge < -0.3 is 19.7 Å². The van der Waals surface area contributed by atoms with Crippen molar-refractivity contribution in [1.29, 1.82) is 5.26 Å². The lowest BCUT2D eigenvalue weighted by molar-refractivity contribution is -0.156. The molecule has 2 bridgehead atoms. The van der Waals surface area contributed by atoms with E-state index in [1.165, 1.54) is 15.5 Å². The van der Waals surface area contributed by atoms with Gasteiger partial charge in [0.2, 0.25) is 21.8 Å². The summed E-state index contributed by atoms with van der Waals surface area (Å²) in [4.78, 5) is 77.0. The van der Waals surface area contributed by atoms with Crippen LogP contribution in [0.4, 0.5) is 0 Å². The van der Waals surface area contributed by atoms with Crippen LogP contribution in [0, 0.1) is 35.0 Å². The number of amides is 3. The molecular formula is C42H52N6O9S. The number of nitrogens with zero attached hydrogens (tertiary/aromatic N) is 4. The third-order valence-corrected chi connectivity index (χ3v) is 15.2. The van der Waals surface area contributed by atoms with E-state index < -0.39 is 56.7 Å². The molecule has 58 heavy (non-hydrogen) atoms. The summed E-state index contributed by atoms with van der Waals surface area (Å²) in [6.45, 7) is 1.92. The van der Waals surface area contributed by atoms with E-state index in [0.717, 1.165) is 51.4 Å². The Labute approximate surface area is 337 Å². The second-order valence-corrected chi connectivity index (χ2v) is 19.2. The summed E-state index contributed by atoms with van der Waals surface area (Å²) in [7, 11) is -3.90. The number of benzene rings is 1. The van der Waals surface area contributed by atoms with Crippen LogP contribution in [0.2, 0.25) is 0 Å². The first-order valence-corrected chi connectivity index (χ1v) is 22.6. The molecule has 7 atom stereocenters. The molecule has 8 rings (SSSR count). The monoisotopic (exact) mass is 816 g/mol. The summed E-state index contributed by atoms with van der Waals surface area (Å²) in [5.74, 6) is -3.23. The Morgan fingerprint density at radius 1 is 1.00 bits per heavy atom. The van der Waals surface area contributed by atoms with Gasteiger partial charge in [-0.1, -0.05) is 38.3 Å². The fourth-order valence-electron chi connectivity index (χ4n) is 9.86. The molecule has 2 aliphatic heterocycles. The minimum absolute atomic E-state index is 0.0278. The van der Waals surface area contributed by atoms with Gasteiger partial charge in [0.15, 0.2) is 0 Å². The van der Waals surface area contributed by atoms with Gasteiger partial charge in [-0.15, -0.1) is 0 Å². The fraction of sp³-hybridized carbons (Fsp3) is 0.643. The first kappa shape index (κ1) is 40.0. The molecule has 2 N–H and O–H groups in total. The molecule has 310 valence electrons. The molecule has 16 heteroatoms. The van der Waals surface area contributed by atoms with Crippen LogP contribution in [0.3, 0.4) is 0 Å². The summed E-state index contributed by atoms with van der Waals surface area (Å²) in [6.07, 6.45) is 11.7. The highest BCUT2D eigenvalue weighted by molar-refractivity contribution is 7.91. The number of hydrogen-bond donors (Lipinski definition) is 2. The Morgan fingerprint density at radius 3 is 2.50 bits per heavy atom. The molecule has 1 saturated heterocycles. The van der Waals surface area contributed by atoms with Crippen LogP contribution >= 0.6 is 0 Å². The third kappa shape index (κ3) is 7.98. The summed E-state index contributed by atoms with van der Waals surface area (Å²) < 4.78 is 41.9. The number of aromatic nitrogens is 2. The average Bonchev–Trinajstić information content (AvgIpc) is 3.99. The molecule has 0 spiro atoms. The van der Waals surface area contributed by atoms with Crippen molar-refractivity contribution >= 4 is 44.6 Å². The fourth-order valence-corrected chi connectivity index (χ4v) is 11.2. The number of rotatable bonds is 7. The van der Waals surface area contributed by atoms with E-state index in [0.29, 0.717) is 36.6 Å². The number of carbonyl (C=O) groups excluding carboxylic acids is 4. The molecule has 3 amide bonds. The highest BCUT2D eigenvalue weighted by Crippen LogP contribution is 2.47. The van der Waals surface area contributed by atoms with E-state index >= 15 is 0 Å². The van der Waals surface area contributed by atoms with Crippen molar-refractivity contribution in [3.63, 3.8) is 0 Å². The Hall–Kier alpha value is -4.78. The minimum atomic E-state index is -3.90. The van der Waals surface area contributed by atoms with E-state index in [1.54, 1.807) is 12.1 Å². The van der Waals surface area contributed by atoms with E-state index in [9.17, 15) is 37.7 Å². The molecule has 5 fully saturated rings. The summed E-state index contributed by atoms with van der Waals surface area (Å²) in [5.41, 5.74) is -1.26. The predicted octanol–water partition coefficient (Wildman–Crippen LogP) is 3.77. The van der Waals surface area contributed by atoms with E-state index in [2.05, 4.69) is 16.1 Å². The highest BCUT2D eigenvalue weighted by Gasteiger charge is 2.62. The smallest absolute Gasteiger partial charge is 0.306 e. The minimum Gasteiger partial charge on any atom is -0.462 e. The van der Waals surface area contributed by atoms with Crippen molar-refractivity contribution < 1.29 is 37.1 Å². The van der Waals surface area contributed by atoms with Crippen LogP contribution in [0.25, 0.3) is 10.9 Å². The Balaban J connectivity index is 1.15. The van der Waals surface area contributed by atoms with Crippen LogP contribution < -0.4 is 20.3 Å². The normalized spacial score (nSPS) is 31.2. The number of sulfonamides is 1. The summed E-state index contributed by atoms with van der Waals surface area (Å²) >= 11 is 0. The van der Waals surface area contributed by atoms with Gasteiger partial charge in [0, 0.05) is 13.0 Å². The first-order chi connectivity index (χ1) is 27.9. The zero-order chi connectivity index (χ0) is 40.8. The molecule has 0 radical (unpaired) electrons. The van der Waals surface area contributed by atoms with Crippen LogP contribution in [0.1, 0.15) is 109 Å². The Morgan fingerprint density at radius 2 is 1.78 bits per heavy atom. The molecule has 1 aromatic heterocycles. The maximum absolute atomic E-state index is 14.9. The van der Waals surface area contributed by atoms with Crippen molar-refractivity contribution in [3.8, 4) is 12.1 Å². The van der Waals surface area contributed by atoms with Gasteiger partial charge in [0.1, 0.15) is 23.8 Å². The van der Waals surface area contributed by atoms with Gasteiger partial charge in [-0.05, 0) is 100 Å². The lowest BCUT2D eigenvalue weighted by atomic mass is 9.86. The number of esters is 1. The topological polar surface area (TPSA) is 207 Å². The Bertz CT molecular complexity index is 2220. The largest absolute Gasteiger partial charge is 0.462 e. The lowest BCUT2D eigenvalue weighted by Crippen LogP contribution is -2.57. The number of hydrogen-bond acceptors (Lipinski definition) is 11. The van der Waals surface area contributed by atoms with Crippen LogP contribution in [0.15, 0.2) is 35.1 Å². The molecule has 15 nitrogen and oxygen atoms in total. The molecule has 1 aromatic carbocycles. The van der Waals surface area contributed by atoms with Crippen molar-refractivity contribution in [1.82, 2.24) is 24.5 Å². The van der Waals surface area contributed by atoms with Gasteiger partial charge in [-0.25, -0.2) is 8.42 Å². The molecular weight excluding hydrogens is 765 g/mol. The number of allylic oxidation sites excluding steroid dienone is 2. The number of fused-ring (bicyclic) bond motifs is 5. The predicted molar refractivity (Wildman–Crippen MR) is 210 cm³/mol.